The van der Waals surface area contributed by atoms with Gasteiger partial charge in [-0.15, -0.1) is 0 Å². The minimum Gasteiger partial charge on any atom is -0.469 e. The molecule has 2 heterocycles. The van der Waals surface area contributed by atoms with Gasteiger partial charge in [-0.3, -0.25) is 9.59 Å². The van der Waals surface area contributed by atoms with Gasteiger partial charge in [0.05, 0.1) is 23.7 Å². The predicted octanol–water partition coefficient (Wildman–Crippen LogP) is 3.00. The number of carbonyl (C=O) groups is 2. The van der Waals surface area contributed by atoms with Crippen LogP contribution in [0.1, 0.15) is 38.5 Å². The Labute approximate surface area is 160 Å². The van der Waals surface area contributed by atoms with E-state index in [4.69, 9.17) is 14.2 Å². The number of aromatic nitrogens is 1. The van der Waals surface area contributed by atoms with Gasteiger partial charge in [0.25, 0.3) is 5.91 Å². The van der Waals surface area contributed by atoms with Crippen LogP contribution in [0.4, 0.5) is 0 Å². The fraction of sp³-hybridized carbons (Fsp3) is 0.526. The molecule has 27 heavy (non-hydrogen) atoms. The van der Waals surface area contributed by atoms with Crippen LogP contribution in [0.25, 0.3) is 10.2 Å². The molecule has 7 nitrogen and oxygen atoms in total. The molecule has 144 valence electrons. The van der Waals surface area contributed by atoms with Crippen molar-refractivity contribution in [1.29, 1.82) is 0 Å². The molecule has 1 aliphatic heterocycles. The van der Waals surface area contributed by atoms with Gasteiger partial charge in [0.1, 0.15) is 0 Å². The summed E-state index contributed by atoms with van der Waals surface area (Å²) in [5.74, 6) is 1.00. The zero-order valence-electron chi connectivity index (χ0n) is 15.2. The largest absolute Gasteiger partial charge is 0.469 e. The van der Waals surface area contributed by atoms with Gasteiger partial charge >= 0.3 is 5.97 Å². The van der Waals surface area contributed by atoms with Gasteiger partial charge in [-0.1, -0.05) is 30.6 Å². The van der Waals surface area contributed by atoms with Crippen molar-refractivity contribution < 1.29 is 23.8 Å². The number of ether oxygens (including phenoxy) is 3. The number of rotatable bonds is 4. The number of amides is 1. The maximum Gasteiger partial charge on any atom is 0.307 e. The van der Waals surface area contributed by atoms with E-state index in [0.29, 0.717) is 22.8 Å². The lowest BCUT2D eigenvalue weighted by atomic mass is 9.89. The highest BCUT2D eigenvalue weighted by Gasteiger charge is 2.22. The SMILES string of the molecule is COC(=O)CCn1c(=NC(=O)C2CCCCC2)sc2cc3c(cc21)OCO3. The van der Waals surface area contributed by atoms with Gasteiger partial charge in [-0.05, 0) is 12.8 Å². The molecule has 8 heteroatoms. The summed E-state index contributed by atoms with van der Waals surface area (Å²) in [6, 6.07) is 3.79. The standard InChI is InChI=1S/C19H22N2O5S/c1-24-17(22)7-8-21-13-9-14-15(26-11-25-14)10-16(13)27-19(21)20-18(23)12-5-3-2-4-6-12/h9-10,12H,2-8,11H2,1H3. The smallest absolute Gasteiger partial charge is 0.307 e. The third-order valence-corrected chi connectivity index (χ3v) is 6.15. The molecule has 0 unspecified atom stereocenters. The van der Waals surface area contributed by atoms with Crippen LogP contribution < -0.4 is 14.3 Å². The third-order valence-electron chi connectivity index (χ3n) is 5.10. The van der Waals surface area contributed by atoms with E-state index in [1.807, 2.05) is 16.7 Å². The quantitative estimate of drug-likeness (QED) is 0.750. The molecular formula is C19H22N2O5S. The van der Waals surface area contributed by atoms with Crippen molar-refractivity contribution >= 4 is 33.4 Å². The summed E-state index contributed by atoms with van der Waals surface area (Å²) < 4.78 is 18.5. The Morgan fingerprint density at radius 2 is 1.96 bits per heavy atom. The second-order valence-corrected chi connectivity index (χ2v) is 7.83. The minimum absolute atomic E-state index is 0.00897. The van der Waals surface area contributed by atoms with Gasteiger partial charge in [0.2, 0.25) is 6.79 Å². The number of hydrogen-bond acceptors (Lipinski definition) is 6. The Kier molecular flexibility index (Phi) is 5.15. The van der Waals surface area contributed by atoms with Crippen molar-refractivity contribution in [2.24, 2.45) is 10.9 Å². The fourth-order valence-corrected chi connectivity index (χ4v) is 4.67. The van der Waals surface area contributed by atoms with Gasteiger partial charge in [0.15, 0.2) is 16.3 Å². The highest BCUT2D eigenvalue weighted by molar-refractivity contribution is 7.16. The number of hydrogen-bond donors (Lipinski definition) is 0. The first kappa shape index (κ1) is 18.0. The van der Waals surface area contributed by atoms with E-state index in [-0.39, 0.29) is 31.0 Å². The van der Waals surface area contributed by atoms with Crippen LogP contribution in [-0.2, 0) is 20.9 Å². The maximum absolute atomic E-state index is 12.7. The first-order valence-electron chi connectivity index (χ1n) is 9.24. The summed E-state index contributed by atoms with van der Waals surface area (Å²) in [6.45, 7) is 0.593. The molecule has 1 aliphatic carbocycles. The van der Waals surface area contributed by atoms with E-state index in [1.165, 1.54) is 24.9 Å². The van der Waals surface area contributed by atoms with Crippen molar-refractivity contribution in [3.8, 4) is 11.5 Å². The lowest BCUT2D eigenvalue weighted by molar-refractivity contribution is -0.140. The van der Waals surface area contributed by atoms with E-state index < -0.39 is 0 Å². The zero-order valence-corrected chi connectivity index (χ0v) is 16.0. The molecule has 1 aromatic heterocycles. The topological polar surface area (TPSA) is 79.1 Å². The molecule has 0 bridgehead atoms. The molecule has 2 aliphatic rings. The van der Waals surface area contributed by atoms with Crippen molar-refractivity contribution in [1.82, 2.24) is 4.57 Å². The van der Waals surface area contributed by atoms with Crippen LogP contribution in [-0.4, -0.2) is 30.3 Å². The average Bonchev–Trinajstić information content (AvgIpc) is 3.28. The normalized spacial score (nSPS) is 17.4. The summed E-state index contributed by atoms with van der Waals surface area (Å²) in [6.07, 6.45) is 5.39. The Bertz CT molecular complexity index is 939. The number of nitrogens with zero attached hydrogens (tertiary/aromatic N) is 2. The molecule has 1 aromatic carbocycles. The van der Waals surface area contributed by atoms with Crippen molar-refractivity contribution in [2.75, 3.05) is 13.9 Å². The van der Waals surface area contributed by atoms with Crippen LogP contribution in [0.2, 0.25) is 0 Å². The third kappa shape index (κ3) is 3.71. The summed E-state index contributed by atoms with van der Waals surface area (Å²) in [7, 11) is 1.37. The van der Waals surface area contributed by atoms with E-state index >= 15 is 0 Å². The average molecular weight is 390 g/mol. The zero-order chi connectivity index (χ0) is 18.8. The fourth-order valence-electron chi connectivity index (χ4n) is 3.60. The van der Waals surface area contributed by atoms with E-state index in [2.05, 4.69) is 4.99 Å². The Morgan fingerprint density at radius 1 is 1.22 bits per heavy atom. The van der Waals surface area contributed by atoms with Gasteiger partial charge in [-0.2, -0.15) is 4.99 Å². The molecule has 0 atom stereocenters. The lowest BCUT2D eigenvalue weighted by Gasteiger charge is -2.17. The Morgan fingerprint density at radius 3 is 2.70 bits per heavy atom. The van der Waals surface area contributed by atoms with Crippen molar-refractivity contribution in [2.45, 2.75) is 45.1 Å². The molecule has 1 saturated carbocycles. The second kappa shape index (κ2) is 7.72. The molecule has 1 amide bonds. The number of esters is 1. The van der Waals surface area contributed by atoms with Gasteiger partial charge in [-0.25, -0.2) is 0 Å². The van der Waals surface area contributed by atoms with Crippen LogP contribution in [0, 0.1) is 5.92 Å². The monoisotopic (exact) mass is 390 g/mol. The Hall–Kier alpha value is -2.35. The Balaban J connectivity index is 1.74. The predicted molar refractivity (Wildman–Crippen MR) is 99.7 cm³/mol. The minimum atomic E-state index is -0.299. The number of benzene rings is 1. The number of aryl methyl sites for hydroxylation is 1. The number of carbonyl (C=O) groups excluding carboxylic acids is 2. The number of methoxy groups -OCH3 is 1. The van der Waals surface area contributed by atoms with Crippen LogP contribution in [0.3, 0.4) is 0 Å². The van der Waals surface area contributed by atoms with Crippen LogP contribution >= 0.6 is 11.3 Å². The molecule has 0 radical (unpaired) electrons. The second-order valence-electron chi connectivity index (χ2n) is 6.82. The maximum atomic E-state index is 12.7. The van der Waals surface area contributed by atoms with Gasteiger partial charge < -0.3 is 18.8 Å². The molecule has 0 spiro atoms. The summed E-state index contributed by atoms with van der Waals surface area (Å²) >= 11 is 1.43. The summed E-state index contributed by atoms with van der Waals surface area (Å²) in [5.41, 5.74) is 0.878. The van der Waals surface area contributed by atoms with E-state index in [1.54, 1.807) is 0 Å². The van der Waals surface area contributed by atoms with Crippen LogP contribution in [0.5, 0.6) is 11.5 Å². The van der Waals surface area contributed by atoms with Crippen molar-refractivity contribution in [3.63, 3.8) is 0 Å². The first-order chi connectivity index (χ1) is 13.2. The summed E-state index contributed by atoms with van der Waals surface area (Å²) in [4.78, 5) is 29.4. The lowest BCUT2D eigenvalue weighted by Crippen LogP contribution is -2.23. The molecule has 0 saturated heterocycles. The molecule has 4 rings (SSSR count). The highest BCUT2D eigenvalue weighted by Crippen LogP contribution is 2.37. The highest BCUT2D eigenvalue weighted by atomic mass is 32.1. The van der Waals surface area contributed by atoms with Gasteiger partial charge in [0, 0.05) is 24.6 Å². The molecule has 2 aromatic rings. The first-order valence-corrected chi connectivity index (χ1v) is 10.1. The summed E-state index contributed by atoms with van der Waals surface area (Å²) in [5, 5.41) is 0. The molecule has 0 N–H and O–H groups in total. The van der Waals surface area contributed by atoms with Crippen molar-refractivity contribution in [3.05, 3.63) is 16.9 Å². The van der Waals surface area contributed by atoms with E-state index in [0.717, 1.165) is 35.9 Å². The molecular weight excluding hydrogens is 368 g/mol. The van der Waals surface area contributed by atoms with E-state index in [9.17, 15) is 9.59 Å². The van der Waals surface area contributed by atoms with Crippen LogP contribution in [0.15, 0.2) is 17.1 Å². The number of thiazole rings is 1. The molecule has 1 fully saturated rings. The number of fused-ring (bicyclic) bond motifs is 2.